The molecule has 0 N–H and O–H groups in total. The van der Waals surface area contributed by atoms with Gasteiger partial charge >= 0.3 is 0 Å². The van der Waals surface area contributed by atoms with Gasteiger partial charge in [0.05, 0.1) is 5.56 Å². The molecule has 0 saturated carbocycles. The lowest BCUT2D eigenvalue weighted by atomic mass is 9.60. The molecular weight excluding hydrogens is 589 g/mol. The Kier molecular flexibility index (Phi) is 8.32. The minimum absolute atomic E-state index is 0.00610. The Labute approximate surface area is 283 Å². The number of halogens is 1. The van der Waals surface area contributed by atoms with Crippen LogP contribution in [0.15, 0.2) is 109 Å². The molecular formula is C36H18B5FN6. The Balaban J connectivity index is 1.44. The van der Waals surface area contributed by atoms with Gasteiger partial charge in [-0.1, -0.05) is 102 Å². The maximum atomic E-state index is 15.8. The fourth-order valence-electron chi connectivity index (χ4n) is 5.19. The average Bonchev–Trinajstić information content (AvgIpc) is 3.14. The molecule has 0 bridgehead atoms. The highest BCUT2D eigenvalue weighted by molar-refractivity contribution is 6.68. The zero-order valence-electron chi connectivity index (χ0n) is 25.3. The van der Waals surface area contributed by atoms with Gasteiger partial charge in [-0.25, -0.2) is 34.3 Å². The highest BCUT2D eigenvalue weighted by Gasteiger charge is 2.21. The fraction of sp³-hybridized carbons (Fsp3) is 0. The van der Waals surface area contributed by atoms with Crippen molar-refractivity contribution in [1.82, 2.24) is 29.9 Å². The van der Waals surface area contributed by atoms with Crippen LogP contribution in [0.2, 0.25) is 0 Å². The summed E-state index contributed by atoms with van der Waals surface area (Å²) >= 11 is 0. The lowest BCUT2D eigenvalue weighted by Crippen LogP contribution is -2.55. The van der Waals surface area contributed by atoms with E-state index in [-0.39, 0.29) is 55.9 Å². The lowest BCUT2D eigenvalue weighted by molar-refractivity contribution is 0.630. The Morgan fingerprint density at radius 1 is 0.354 bits per heavy atom. The van der Waals surface area contributed by atoms with Crippen molar-refractivity contribution < 1.29 is 4.39 Å². The highest BCUT2D eigenvalue weighted by atomic mass is 19.1. The van der Waals surface area contributed by atoms with Crippen LogP contribution < -0.4 is 27.3 Å². The molecule has 0 aliphatic carbocycles. The van der Waals surface area contributed by atoms with Gasteiger partial charge in [-0.05, 0) is 18.2 Å². The Hall–Kier alpha value is -5.63. The fourth-order valence-corrected chi connectivity index (χ4v) is 5.19. The van der Waals surface area contributed by atoms with E-state index in [0.29, 0.717) is 28.6 Å². The molecule has 0 saturated heterocycles. The summed E-state index contributed by atoms with van der Waals surface area (Å²) in [5.74, 6) is 0.946. The van der Waals surface area contributed by atoms with Crippen LogP contribution in [0.4, 0.5) is 4.39 Å². The van der Waals surface area contributed by atoms with Crippen LogP contribution in [-0.2, 0) is 0 Å². The third kappa shape index (κ3) is 5.86. The molecule has 0 fully saturated rings. The monoisotopic (exact) mass is 608 g/mol. The first-order chi connectivity index (χ1) is 23.3. The Bertz CT molecular complexity index is 2220. The van der Waals surface area contributed by atoms with Gasteiger partial charge in [0.15, 0.2) is 34.9 Å². The van der Waals surface area contributed by atoms with Gasteiger partial charge in [-0.3, -0.25) is 0 Å². The molecule has 0 spiro atoms. The average molecular weight is 608 g/mol. The third-order valence-electron chi connectivity index (χ3n) is 7.76. The lowest BCUT2D eigenvalue weighted by Gasteiger charge is -2.20. The van der Waals surface area contributed by atoms with Crippen LogP contribution in [0.25, 0.3) is 68.3 Å². The molecule has 12 heteroatoms. The van der Waals surface area contributed by atoms with E-state index in [0.717, 1.165) is 11.1 Å². The summed E-state index contributed by atoms with van der Waals surface area (Å²) in [7, 11) is 31.1. The van der Waals surface area contributed by atoms with E-state index in [1.165, 1.54) is 6.07 Å². The minimum Gasteiger partial charge on any atom is -0.208 e. The molecule has 214 valence electrons. The third-order valence-corrected chi connectivity index (χ3v) is 7.76. The molecule has 2 aromatic heterocycles. The summed E-state index contributed by atoms with van der Waals surface area (Å²) in [4.78, 5) is 28.2. The van der Waals surface area contributed by atoms with Gasteiger partial charge in [-0.15, -0.1) is 16.4 Å². The second-order valence-electron chi connectivity index (χ2n) is 10.8. The van der Waals surface area contributed by atoms with Crippen molar-refractivity contribution in [2.75, 3.05) is 0 Å². The highest BCUT2D eigenvalue weighted by Crippen LogP contribution is 2.30. The van der Waals surface area contributed by atoms with Crippen LogP contribution in [0, 0.1) is 5.82 Å². The smallest absolute Gasteiger partial charge is 0.167 e. The van der Waals surface area contributed by atoms with Gasteiger partial charge in [0.1, 0.15) is 45.0 Å². The van der Waals surface area contributed by atoms with Crippen LogP contribution >= 0.6 is 0 Å². The Morgan fingerprint density at radius 3 is 1.17 bits per heavy atom. The number of hydrogen-bond acceptors (Lipinski definition) is 6. The number of rotatable bonds is 6. The van der Waals surface area contributed by atoms with Crippen molar-refractivity contribution >= 4 is 66.5 Å². The zero-order chi connectivity index (χ0) is 33.4. The zero-order valence-corrected chi connectivity index (χ0v) is 25.3. The van der Waals surface area contributed by atoms with Crippen molar-refractivity contribution in [3.05, 3.63) is 115 Å². The molecule has 0 atom stereocenters. The first kappa shape index (κ1) is 31.0. The van der Waals surface area contributed by atoms with E-state index < -0.39 is 5.82 Å². The molecule has 7 rings (SSSR count). The normalized spacial score (nSPS) is 11.0. The van der Waals surface area contributed by atoms with Gasteiger partial charge in [0.25, 0.3) is 0 Å². The standard InChI is InChI=1S/C36H18B5FN6/c37-26-25(27(38)29(40)30(41)28(26)39)36-47-33(21-14-8-3-9-15-21)46-35(48-36)23-18-22(16-17-24(23)42)34-44-31(19-10-4-1-5-11-19)43-32(45-34)20-12-6-2-7-13-20/h1-18H. The van der Waals surface area contributed by atoms with Crippen LogP contribution in [0.1, 0.15) is 0 Å². The summed E-state index contributed by atoms with van der Waals surface area (Å²) in [6, 6.07) is 32.7. The van der Waals surface area contributed by atoms with Gasteiger partial charge in [-0.2, -0.15) is 0 Å². The van der Waals surface area contributed by atoms with Crippen molar-refractivity contribution in [3.8, 4) is 68.3 Å². The van der Waals surface area contributed by atoms with Gasteiger partial charge < -0.3 is 0 Å². The molecule has 6 nitrogen and oxygen atoms in total. The van der Waals surface area contributed by atoms with Crippen molar-refractivity contribution in [2.45, 2.75) is 0 Å². The van der Waals surface area contributed by atoms with E-state index >= 15 is 4.39 Å². The molecule has 7 aromatic rings. The predicted molar refractivity (Wildman–Crippen MR) is 193 cm³/mol. The maximum Gasteiger partial charge on any atom is 0.167 e. The maximum absolute atomic E-state index is 15.8. The molecule has 2 heterocycles. The van der Waals surface area contributed by atoms with E-state index in [1.54, 1.807) is 12.1 Å². The number of aromatic nitrogens is 6. The van der Waals surface area contributed by atoms with Crippen LogP contribution in [-0.4, -0.2) is 69.1 Å². The number of benzene rings is 5. The summed E-state index contributed by atoms with van der Waals surface area (Å²) in [6.07, 6.45) is 0. The van der Waals surface area contributed by atoms with Crippen LogP contribution in [0.5, 0.6) is 0 Å². The molecule has 0 aliphatic rings. The second-order valence-corrected chi connectivity index (χ2v) is 10.8. The summed E-state index contributed by atoms with van der Waals surface area (Å²) in [6.45, 7) is 0. The molecule has 0 aliphatic heterocycles. The van der Waals surface area contributed by atoms with Crippen molar-refractivity contribution in [1.29, 1.82) is 0 Å². The van der Waals surface area contributed by atoms with Gasteiger partial charge in [0.2, 0.25) is 0 Å². The second kappa shape index (κ2) is 12.9. The van der Waals surface area contributed by atoms with E-state index in [4.69, 9.17) is 54.2 Å². The largest absolute Gasteiger partial charge is 0.208 e. The SMILES string of the molecule is [B]c1c([B])c([B])c(-c2nc(-c3ccccc3)nc(-c3cc(-c4nc(-c5ccccc5)nc(-c5ccccc5)n4)ccc3F)n2)c([B])c1[B]. The van der Waals surface area contributed by atoms with Crippen molar-refractivity contribution in [3.63, 3.8) is 0 Å². The molecule has 0 unspecified atom stereocenters. The Morgan fingerprint density at radius 2 is 0.708 bits per heavy atom. The number of nitrogens with zero attached hydrogens (tertiary/aromatic N) is 6. The van der Waals surface area contributed by atoms with Crippen LogP contribution in [0.3, 0.4) is 0 Å². The van der Waals surface area contributed by atoms with E-state index in [2.05, 4.69) is 15.0 Å². The summed E-state index contributed by atoms with van der Waals surface area (Å²) < 4.78 is 15.8. The number of hydrogen-bond donors (Lipinski definition) is 0. The minimum atomic E-state index is -0.590. The predicted octanol–water partition coefficient (Wildman–Crippen LogP) is 2.17. The first-order valence-electron chi connectivity index (χ1n) is 14.8. The van der Waals surface area contributed by atoms with Gasteiger partial charge in [0, 0.05) is 27.8 Å². The summed E-state index contributed by atoms with van der Waals surface area (Å²) in [5.41, 5.74) is 3.16. The topological polar surface area (TPSA) is 77.3 Å². The van der Waals surface area contributed by atoms with E-state index in [1.807, 2.05) is 91.0 Å². The van der Waals surface area contributed by atoms with E-state index in [9.17, 15) is 0 Å². The molecule has 5 aromatic carbocycles. The molecule has 0 amide bonds. The first-order valence-corrected chi connectivity index (χ1v) is 14.8. The molecule has 10 radical (unpaired) electrons. The summed E-state index contributed by atoms with van der Waals surface area (Å²) in [5, 5.41) is 0. The van der Waals surface area contributed by atoms with Crippen molar-refractivity contribution in [2.24, 2.45) is 0 Å². The quantitative estimate of drug-likeness (QED) is 0.270. The molecule has 48 heavy (non-hydrogen) atoms.